The molecule has 1 aromatic rings. The minimum atomic E-state index is -0.0295. The Bertz CT molecular complexity index is 492. The van der Waals surface area contributed by atoms with E-state index in [2.05, 4.69) is 22.2 Å². The van der Waals surface area contributed by atoms with Crippen LogP contribution in [-0.2, 0) is 11.2 Å². The standard InChI is InChI=1S/C16H26N4O2S.HI/c1-4-11-23-12-9-18-16(19-13-15(21)20(2)3)17-8-7-14-6-5-10-22-14;/h4-6,10H,1,7-9,11-13H2,2-3H3,(H2,17,18,19);1H. The summed E-state index contributed by atoms with van der Waals surface area (Å²) in [6.07, 6.45) is 4.31. The van der Waals surface area contributed by atoms with Gasteiger partial charge in [0.05, 0.1) is 6.26 Å². The van der Waals surface area contributed by atoms with Gasteiger partial charge in [-0.3, -0.25) is 4.79 Å². The Morgan fingerprint density at radius 2 is 2.17 bits per heavy atom. The predicted molar refractivity (Wildman–Crippen MR) is 112 cm³/mol. The highest BCUT2D eigenvalue weighted by atomic mass is 127. The quantitative estimate of drug-likeness (QED) is 0.182. The van der Waals surface area contributed by atoms with Crippen LogP contribution in [0.5, 0.6) is 0 Å². The highest BCUT2D eigenvalue weighted by Crippen LogP contribution is 1.99. The van der Waals surface area contributed by atoms with Crippen LogP contribution < -0.4 is 10.6 Å². The minimum absolute atomic E-state index is 0. The van der Waals surface area contributed by atoms with Crippen LogP contribution in [0.15, 0.2) is 40.5 Å². The van der Waals surface area contributed by atoms with Crippen molar-refractivity contribution in [3.05, 3.63) is 36.8 Å². The number of thioether (sulfide) groups is 1. The lowest BCUT2D eigenvalue weighted by Gasteiger charge is -2.13. The zero-order valence-electron chi connectivity index (χ0n) is 14.3. The molecule has 1 heterocycles. The number of furan rings is 1. The molecule has 0 aliphatic heterocycles. The number of hydrogen-bond acceptors (Lipinski definition) is 4. The molecule has 1 amide bonds. The van der Waals surface area contributed by atoms with Gasteiger partial charge in [-0.15, -0.1) is 30.6 Å². The molecular weight excluding hydrogens is 439 g/mol. The first-order valence-electron chi connectivity index (χ1n) is 7.57. The fraction of sp³-hybridized carbons (Fsp3) is 0.500. The van der Waals surface area contributed by atoms with Crippen LogP contribution in [-0.4, -0.2) is 62.0 Å². The summed E-state index contributed by atoms with van der Waals surface area (Å²) in [5, 5.41) is 6.46. The molecule has 0 saturated carbocycles. The smallest absolute Gasteiger partial charge is 0.243 e. The van der Waals surface area contributed by atoms with Gasteiger partial charge >= 0.3 is 0 Å². The van der Waals surface area contributed by atoms with Crippen LogP contribution in [0.1, 0.15) is 5.76 Å². The molecule has 136 valence electrons. The summed E-state index contributed by atoms with van der Waals surface area (Å²) in [5.74, 6) is 3.41. The molecule has 1 rings (SSSR count). The van der Waals surface area contributed by atoms with Crippen molar-refractivity contribution in [3.63, 3.8) is 0 Å². The number of nitrogens with one attached hydrogen (secondary N) is 2. The van der Waals surface area contributed by atoms with Gasteiger partial charge in [-0.25, -0.2) is 4.99 Å². The average Bonchev–Trinajstić information content (AvgIpc) is 3.04. The van der Waals surface area contributed by atoms with Crippen molar-refractivity contribution < 1.29 is 9.21 Å². The van der Waals surface area contributed by atoms with Crippen LogP contribution in [0.3, 0.4) is 0 Å². The molecule has 8 heteroatoms. The molecule has 0 bridgehead atoms. The first kappa shape index (κ1) is 22.8. The van der Waals surface area contributed by atoms with Crippen LogP contribution in [0.2, 0.25) is 0 Å². The molecule has 24 heavy (non-hydrogen) atoms. The lowest BCUT2D eigenvalue weighted by atomic mass is 10.3. The Morgan fingerprint density at radius 3 is 2.79 bits per heavy atom. The summed E-state index contributed by atoms with van der Waals surface area (Å²) in [7, 11) is 3.45. The molecular formula is C16H27IN4O2S. The summed E-state index contributed by atoms with van der Waals surface area (Å²) in [5.41, 5.74) is 0. The Labute approximate surface area is 165 Å². The van der Waals surface area contributed by atoms with Gasteiger partial charge in [0.25, 0.3) is 0 Å². The van der Waals surface area contributed by atoms with Crippen molar-refractivity contribution in [3.8, 4) is 0 Å². The molecule has 0 saturated heterocycles. The van der Waals surface area contributed by atoms with E-state index in [1.54, 1.807) is 32.1 Å². The van der Waals surface area contributed by atoms with E-state index < -0.39 is 0 Å². The van der Waals surface area contributed by atoms with E-state index in [0.29, 0.717) is 12.5 Å². The van der Waals surface area contributed by atoms with Crippen molar-refractivity contribution in [2.45, 2.75) is 6.42 Å². The number of carbonyl (C=O) groups excluding carboxylic acids is 1. The second-order valence-corrected chi connectivity index (χ2v) is 6.15. The van der Waals surface area contributed by atoms with Crippen molar-refractivity contribution in [2.75, 3.05) is 45.2 Å². The Hall–Kier alpha value is -1.16. The third kappa shape index (κ3) is 10.6. The van der Waals surface area contributed by atoms with E-state index in [-0.39, 0.29) is 36.4 Å². The number of aliphatic imine (C=N–C) groups is 1. The minimum Gasteiger partial charge on any atom is -0.469 e. The Balaban J connectivity index is 0.00000529. The maximum atomic E-state index is 11.7. The van der Waals surface area contributed by atoms with Gasteiger partial charge in [-0.1, -0.05) is 6.08 Å². The summed E-state index contributed by atoms with van der Waals surface area (Å²) < 4.78 is 5.30. The number of likely N-dealkylation sites (N-methyl/N-ethyl adjacent to an activating group) is 1. The van der Waals surface area contributed by atoms with Crippen molar-refractivity contribution in [1.29, 1.82) is 0 Å². The first-order chi connectivity index (χ1) is 11.1. The van der Waals surface area contributed by atoms with Crippen LogP contribution in [0.25, 0.3) is 0 Å². The normalized spacial score (nSPS) is 10.7. The molecule has 0 fully saturated rings. The van der Waals surface area contributed by atoms with E-state index in [1.807, 2.05) is 18.2 Å². The SMILES string of the molecule is C=CCSCCNC(=NCC(=O)N(C)C)NCCc1ccco1.I. The summed E-state index contributed by atoms with van der Waals surface area (Å²) in [6, 6.07) is 3.81. The zero-order valence-corrected chi connectivity index (χ0v) is 17.4. The third-order valence-corrected chi connectivity index (χ3v) is 3.85. The molecule has 0 aliphatic rings. The highest BCUT2D eigenvalue weighted by molar-refractivity contribution is 14.0. The molecule has 0 unspecified atom stereocenters. The average molecular weight is 466 g/mol. The van der Waals surface area contributed by atoms with E-state index in [4.69, 9.17) is 4.42 Å². The van der Waals surface area contributed by atoms with Crippen LogP contribution >= 0.6 is 35.7 Å². The van der Waals surface area contributed by atoms with Gasteiger partial charge in [-0.2, -0.15) is 11.8 Å². The Kier molecular flexibility index (Phi) is 13.5. The first-order valence-corrected chi connectivity index (χ1v) is 8.72. The number of halogens is 1. The van der Waals surface area contributed by atoms with Gasteiger partial charge in [0.2, 0.25) is 5.91 Å². The van der Waals surface area contributed by atoms with Crippen molar-refractivity contribution >= 4 is 47.6 Å². The maximum Gasteiger partial charge on any atom is 0.243 e. The van der Waals surface area contributed by atoms with Gasteiger partial charge in [0, 0.05) is 45.1 Å². The van der Waals surface area contributed by atoms with Crippen molar-refractivity contribution in [1.82, 2.24) is 15.5 Å². The summed E-state index contributed by atoms with van der Waals surface area (Å²) in [6.45, 7) is 5.29. The molecule has 0 aromatic carbocycles. The maximum absolute atomic E-state index is 11.7. The number of hydrogen-bond donors (Lipinski definition) is 2. The van der Waals surface area contributed by atoms with Gasteiger partial charge in [-0.05, 0) is 12.1 Å². The lowest BCUT2D eigenvalue weighted by molar-refractivity contribution is -0.127. The summed E-state index contributed by atoms with van der Waals surface area (Å²) in [4.78, 5) is 17.5. The highest BCUT2D eigenvalue weighted by Gasteiger charge is 2.04. The third-order valence-electron chi connectivity index (χ3n) is 2.89. The zero-order chi connectivity index (χ0) is 16.9. The number of amides is 1. The van der Waals surface area contributed by atoms with E-state index in [9.17, 15) is 4.79 Å². The second-order valence-electron chi connectivity index (χ2n) is 5.00. The van der Waals surface area contributed by atoms with Gasteiger partial charge < -0.3 is 20.0 Å². The molecule has 0 atom stereocenters. The van der Waals surface area contributed by atoms with E-state index >= 15 is 0 Å². The molecule has 2 N–H and O–H groups in total. The van der Waals surface area contributed by atoms with Gasteiger partial charge in [0.1, 0.15) is 12.3 Å². The monoisotopic (exact) mass is 466 g/mol. The molecule has 0 aliphatic carbocycles. The Morgan fingerprint density at radius 1 is 1.42 bits per heavy atom. The number of nitrogens with zero attached hydrogens (tertiary/aromatic N) is 2. The number of guanidine groups is 1. The van der Waals surface area contributed by atoms with Crippen LogP contribution in [0.4, 0.5) is 0 Å². The molecule has 0 spiro atoms. The fourth-order valence-corrected chi connectivity index (χ4v) is 2.21. The number of rotatable bonds is 10. The summed E-state index contributed by atoms with van der Waals surface area (Å²) >= 11 is 1.79. The van der Waals surface area contributed by atoms with E-state index in [1.165, 1.54) is 4.90 Å². The predicted octanol–water partition coefficient (Wildman–Crippen LogP) is 1.98. The lowest BCUT2D eigenvalue weighted by Crippen LogP contribution is -2.40. The number of carbonyl (C=O) groups is 1. The molecule has 1 aromatic heterocycles. The van der Waals surface area contributed by atoms with E-state index in [0.717, 1.165) is 30.2 Å². The fourth-order valence-electron chi connectivity index (χ4n) is 1.63. The second kappa shape index (κ2) is 14.2. The topological polar surface area (TPSA) is 69.9 Å². The van der Waals surface area contributed by atoms with Crippen molar-refractivity contribution in [2.24, 2.45) is 4.99 Å². The largest absolute Gasteiger partial charge is 0.469 e. The molecule has 6 nitrogen and oxygen atoms in total. The molecule has 0 radical (unpaired) electrons. The van der Waals surface area contributed by atoms with Gasteiger partial charge in [0.15, 0.2) is 5.96 Å². The van der Waals surface area contributed by atoms with Crippen LogP contribution in [0, 0.1) is 0 Å².